The first-order valence-corrected chi connectivity index (χ1v) is 12.7. The molecule has 0 amide bonds. The van der Waals surface area contributed by atoms with Crippen LogP contribution in [0.4, 0.5) is 0 Å². The van der Waals surface area contributed by atoms with E-state index in [1.165, 1.54) is 0 Å². The molecule has 2 aromatic rings. The van der Waals surface area contributed by atoms with Crippen molar-refractivity contribution in [3.05, 3.63) is 30.4 Å². The van der Waals surface area contributed by atoms with Crippen molar-refractivity contribution in [3.63, 3.8) is 0 Å². The molecule has 0 spiro atoms. The maximum absolute atomic E-state index is 13.7. The van der Waals surface area contributed by atoms with Crippen molar-refractivity contribution >= 4 is 26.8 Å². The van der Waals surface area contributed by atoms with Crippen molar-refractivity contribution in [1.29, 1.82) is 0 Å². The zero-order valence-corrected chi connectivity index (χ0v) is 19.2. The second-order valence-corrected chi connectivity index (χ2v) is 10.6. The van der Waals surface area contributed by atoms with Crippen LogP contribution in [-0.2, 0) is 10.2 Å². The van der Waals surface area contributed by atoms with Gasteiger partial charge < -0.3 is 10.1 Å². The number of nitrogens with zero attached hydrogens (tertiary/aromatic N) is 4. The average molecular weight is 448 g/mol. The quantitative estimate of drug-likeness (QED) is 0.551. The van der Waals surface area contributed by atoms with Gasteiger partial charge in [0.1, 0.15) is 12.0 Å². The lowest BCUT2D eigenvalue weighted by Gasteiger charge is -2.41. The van der Waals surface area contributed by atoms with Crippen molar-refractivity contribution in [3.8, 4) is 0 Å². The van der Waals surface area contributed by atoms with Crippen LogP contribution in [0.5, 0.6) is 0 Å². The van der Waals surface area contributed by atoms with Crippen LogP contribution in [0.25, 0.3) is 16.6 Å². The molecule has 9 heteroatoms. The zero-order valence-electron chi connectivity index (χ0n) is 18.4. The molecule has 2 saturated carbocycles. The standard InChI is InChI=1S/C22H33N5O3S/c1-3-13-27(31(29,30)26(14-15-28)18-5-4-6-18)22(10-11-22)9-7-17(2)20-19-8-12-23-21(19)25-16-24-20/h7-8,12,16,18,28H,3-6,9-11,13-15H2,1-2H3,(H,23,24,25). The van der Waals surface area contributed by atoms with Crippen LogP contribution in [0, 0.1) is 0 Å². The Kier molecular flexibility index (Phi) is 6.48. The molecular formula is C22H33N5O3S. The first-order valence-electron chi connectivity index (χ1n) is 11.3. The molecule has 0 aliphatic heterocycles. The van der Waals surface area contributed by atoms with Crippen LogP contribution in [0.3, 0.4) is 0 Å². The fourth-order valence-electron chi connectivity index (χ4n) is 4.51. The molecule has 4 rings (SSSR count). The van der Waals surface area contributed by atoms with Gasteiger partial charge in [0.05, 0.1) is 12.3 Å². The van der Waals surface area contributed by atoms with Gasteiger partial charge in [-0.3, -0.25) is 0 Å². The van der Waals surface area contributed by atoms with E-state index in [4.69, 9.17) is 0 Å². The third-order valence-electron chi connectivity index (χ3n) is 6.68. The van der Waals surface area contributed by atoms with E-state index in [-0.39, 0.29) is 24.7 Å². The summed E-state index contributed by atoms with van der Waals surface area (Å²) in [4.78, 5) is 11.8. The van der Waals surface area contributed by atoms with E-state index in [0.29, 0.717) is 13.0 Å². The zero-order chi connectivity index (χ0) is 22.1. The lowest BCUT2D eigenvalue weighted by atomic mass is 9.93. The van der Waals surface area contributed by atoms with Gasteiger partial charge in [-0.15, -0.1) is 0 Å². The number of hydrogen-bond donors (Lipinski definition) is 2. The van der Waals surface area contributed by atoms with E-state index in [2.05, 4.69) is 21.0 Å². The first kappa shape index (κ1) is 22.4. The molecule has 170 valence electrons. The molecule has 0 bridgehead atoms. The van der Waals surface area contributed by atoms with Gasteiger partial charge in [0.25, 0.3) is 10.2 Å². The Bertz CT molecular complexity index is 1040. The van der Waals surface area contributed by atoms with Gasteiger partial charge in [-0.05, 0) is 57.1 Å². The summed E-state index contributed by atoms with van der Waals surface area (Å²) in [5, 5.41) is 10.5. The summed E-state index contributed by atoms with van der Waals surface area (Å²) in [5.74, 6) is 0. The third kappa shape index (κ3) is 4.28. The highest BCUT2D eigenvalue weighted by molar-refractivity contribution is 7.86. The molecule has 31 heavy (non-hydrogen) atoms. The van der Waals surface area contributed by atoms with Gasteiger partial charge in [-0.2, -0.15) is 17.0 Å². The largest absolute Gasteiger partial charge is 0.395 e. The summed E-state index contributed by atoms with van der Waals surface area (Å²) >= 11 is 0. The van der Waals surface area contributed by atoms with Crippen molar-refractivity contribution in [1.82, 2.24) is 23.6 Å². The van der Waals surface area contributed by atoms with Gasteiger partial charge in [0.2, 0.25) is 0 Å². The summed E-state index contributed by atoms with van der Waals surface area (Å²) in [6.07, 6.45) is 11.5. The van der Waals surface area contributed by atoms with Crippen LogP contribution < -0.4 is 0 Å². The average Bonchev–Trinajstić information content (AvgIpc) is 3.34. The summed E-state index contributed by atoms with van der Waals surface area (Å²) in [5.41, 5.74) is 2.33. The van der Waals surface area contributed by atoms with Crippen LogP contribution in [0.2, 0.25) is 0 Å². The molecule has 0 radical (unpaired) electrons. The third-order valence-corrected chi connectivity index (χ3v) is 8.88. The Labute approximate surface area is 184 Å². The summed E-state index contributed by atoms with van der Waals surface area (Å²) in [6, 6.07) is 1.99. The number of aliphatic hydroxyl groups excluding tert-OH is 1. The molecule has 0 unspecified atom stereocenters. The monoisotopic (exact) mass is 447 g/mol. The summed E-state index contributed by atoms with van der Waals surface area (Å²) < 4.78 is 30.6. The predicted molar refractivity (Wildman–Crippen MR) is 121 cm³/mol. The van der Waals surface area contributed by atoms with Crippen LogP contribution in [0.15, 0.2) is 24.7 Å². The van der Waals surface area contributed by atoms with E-state index in [1.807, 2.05) is 26.1 Å². The second-order valence-electron chi connectivity index (χ2n) is 8.78. The SMILES string of the molecule is CCCN(C1(CC=C(C)c2ncnc3[nH]ccc23)CC1)S(=O)(=O)N(CCO)C1CCC1. The Balaban J connectivity index is 1.59. The van der Waals surface area contributed by atoms with E-state index in [9.17, 15) is 13.5 Å². The highest BCUT2D eigenvalue weighted by Gasteiger charge is 2.53. The Morgan fingerprint density at radius 2 is 2.10 bits per heavy atom. The van der Waals surface area contributed by atoms with Gasteiger partial charge >= 0.3 is 0 Å². The van der Waals surface area contributed by atoms with E-state index in [1.54, 1.807) is 14.9 Å². The molecule has 2 aromatic heterocycles. The van der Waals surface area contributed by atoms with Crippen molar-refractivity contribution in [2.45, 2.75) is 70.4 Å². The number of aromatic nitrogens is 3. The first-order chi connectivity index (χ1) is 14.9. The van der Waals surface area contributed by atoms with Crippen molar-refractivity contribution < 1.29 is 13.5 Å². The number of hydrogen-bond acceptors (Lipinski definition) is 5. The smallest absolute Gasteiger partial charge is 0.282 e. The summed E-state index contributed by atoms with van der Waals surface area (Å²) in [6.45, 7) is 4.56. The van der Waals surface area contributed by atoms with Gasteiger partial charge in [-0.1, -0.05) is 19.4 Å². The fourth-order valence-corrected chi connectivity index (χ4v) is 6.83. The van der Waals surface area contributed by atoms with Crippen molar-refractivity contribution in [2.24, 2.45) is 0 Å². The maximum atomic E-state index is 13.7. The normalized spacial score (nSPS) is 19.3. The maximum Gasteiger partial charge on any atom is 0.282 e. The number of aliphatic hydroxyl groups is 1. The molecule has 2 fully saturated rings. The second kappa shape index (κ2) is 8.97. The molecule has 2 aliphatic rings. The number of aromatic amines is 1. The molecule has 2 N–H and O–H groups in total. The molecule has 2 aliphatic carbocycles. The number of fused-ring (bicyclic) bond motifs is 1. The van der Waals surface area contributed by atoms with Gasteiger partial charge in [0, 0.05) is 36.3 Å². The molecular weight excluding hydrogens is 414 g/mol. The Morgan fingerprint density at radius 1 is 1.32 bits per heavy atom. The highest BCUT2D eigenvalue weighted by Crippen LogP contribution is 2.48. The highest BCUT2D eigenvalue weighted by atomic mass is 32.2. The lowest BCUT2D eigenvalue weighted by Crippen LogP contribution is -2.55. The minimum absolute atomic E-state index is 0.0208. The number of allylic oxidation sites excluding steroid dienone is 1. The fraction of sp³-hybridized carbons (Fsp3) is 0.636. The number of H-pyrrole nitrogens is 1. The lowest BCUT2D eigenvalue weighted by molar-refractivity contribution is 0.160. The minimum Gasteiger partial charge on any atom is -0.395 e. The molecule has 2 heterocycles. The van der Waals surface area contributed by atoms with Crippen LogP contribution >= 0.6 is 0 Å². The van der Waals surface area contributed by atoms with E-state index >= 15 is 0 Å². The Hall–Kier alpha value is -1.81. The van der Waals surface area contributed by atoms with Gasteiger partial charge in [-0.25, -0.2) is 9.97 Å². The van der Waals surface area contributed by atoms with Gasteiger partial charge in [0.15, 0.2) is 0 Å². The Morgan fingerprint density at radius 3 is 2.71 bits per heavy atom. The molecule has 8 nitrogen and oxygen atoms in total. The number of nitrogens with one attached hydrogen (secondary N) is 1. The predicted octanol–water partition coefficient (Wildman–Crippen LogP) is 3.09. The molecule has 0 atom stereocenters. The van der Waals surface area contributed by atoms with Crippen molar-refractivity contribution in [2.75, 3.05) is 19.7 Å². The molecule has 0 aromatic carbocycles. The minimum atomic E-state index is -3.63. The topological polar surface area (TPSA) is 102 Å². The van der Waals surface area contributed by atoms with E-state index in [0.717, 1.165) is 60.8 Å². The number of rotatable bonds is 11. The van der Waals surface area contributed by atoms with E-state index < -0.39 is 10.2 Å². The molecule has 0 saturated heterocycles. The summed E-state index contributed by atoms with van der Waals surface area (Å²) in [7, 11) is -3.63. The van der Waals surface area contributed by atoms with Crippen LogP contribution in [0.1, 0.15) is 64.5 Å². The van der Waals surface area contributed by atoms with Crippen LogP contribution in [-0.4, -0.2) is 68.4 Å².